The van der Waals surface area contributed by atoms with Gasteiger partial charge in [-0.05, 0) is 107 Å². The number of aromatic nitrogens is 3. The zero-order valence-corrected chi connectivity index (χ0v) is 37.7. The summed E-state index contributed by atoms with van der Waals surface area (Å²) in [6.07, 6.45) is 8.79. The van der Waals surface area contributed by atoms with Crippen LogP contribution >= 0.6 is 11.6 Å². The van der Waals surface area contributed by atoms with Crippen molar-refractivity contribution in [2.24, 2.45) is 0 Å². The average molecular weight is 907 g/mol. The summed E-state index contributed by atoms with van der Waals surface area (Å²) in [6, 6.07) is 14.1. The van der Waals surface area contributed by atoms with Crippen molar-refractivity contribution >= 4 is 69.3 Å². The number of nitrogens with zero attached hydrogens (tertiary/aromatic N) is 7. The number of halogens is 1. The molecule has 7 heterocycles. The van der Waals surface area contributed by atoms with Crippen molar-refractivity contribution < 1.29 is 28.7 Å². The Kier molecular flexibility index (Phi) is 11.6. The third kappa shape index (κ3) is 8.38. The van der Waals surface area contributed by atoms with Crippen molar-refractivity contribution in [2.45, 2.75) is 114 Å². The monoisotopic (exact) mass is 906 g/mol. The third-order valence-electron chi connectivity index (χ3n) is 14.2. The van der Waals surface area contributed by atoms with Gasteiger partial charge in [-0.1, -0.05) is 11.6 Å². The van der Waals surface area contributed by atoms with Gasteiger partial charge in [0.1, 0.15) is 11.1 Å². The molecular weight excluding hydrogens is 852 g/mol. The first kappa shape index (κ1) is 43.1. The number of piperazine rings is 1. The number of pyridine rings is 1. The summed E-state index contributed by atoms with van der Waals surface area (Å²) >= 11 is 6.62. The number of likely N-dealkylation sites (tertiary alicyclic amines) is 1. The number of amides is 4. The molecule has 5 fully saturated rings. The van der Waals surface area contributed by atoms with Gasteiger partial charge in [-0.25, -0.2) is 4.98 Å². The van der Waals surface area contributed by atoms with Crippen LogP contribution in [0.25, 0.3) is 10.9 Å². The summed E-state index contributed by atoms with van der Waals surface area (Å²) in [5.74, 6) is 0.0311. The molecule has 4 saturated heterocycles. The van der Waals surface area contributed by atoms with E-state index in [9.17, 15) is 24.0 Å². The smallest absolute Gasteiger partial charge is 0.293 e. The number of imide groups is 1. The molecular formula is C47H55ClN10O7. The Morgan fingerprint density at radius 1 is 0.938 bits per heavy atom. The van der Waals surface area contributed by atoms with Gasteiger partial charge < -0.3 is 39.4 Å². The quantitative estimate of drug-likeness (QED) is 0.169. The molecule has 10 rings (SSSR count). The molecule has 3 N–H and O–H groups in total. The molecule has 3 unspecified atom stereocenters. The predicted molar refractivity (Wildman–Crippen MR) is 245 cm³/mol. The average Bonchev–Trinajstić information content (AvgIpc) is 3.75. The molecule has 17 nitrogen and oxygen atoms in total. The van der Waals surface area contributed by atoms with Gasteiger partial charge in [-0.3, -0.25) is 34.2 Å². The second-order valence-electron chi connectivity index (χ2n) is 18.6. The highest BCUT2D eigenvalue weighted by atomic mass is 35.5. The lowest BCUT2D eigenvalue weighted by atomic mass is 9.86. The minimum absolute atomic E-state index is 0.0956. The number of anilines is 4. The SMILES string of the molecule is CNC(=O)COc1cc2cc(Nc3nc(N4CCC(O[C@H]5C[C@H](N6CC7CCC(C6)N7c6ccc7c(c6)CN(C6CCC(=O)NC6=O)C7=O)C5)CC4)ncc3Cl)ccc2n(C(C)C)c1=O. The molecule has 1 aliphatic carbocycles. The Hall–Kier alpha value is -5.78. The van der Waals surface area contributed by atoms with E-state index >= 15 is 0 Å². The molecule has 5 aliphatic heterocycles. The lowest BCUT2D eigenvalue weighted by Gasteiger charge is -2.50. The van der Waals surface area contributed by atoms with E-state index in [1.807, 2.05) is 38.1 Å². The molecule has 2 bridgehead atoms. The fraction of sp³-hybridized carbons (Fsp3) is 0.511. The maximum absolute atomic E-state index is 13.3. The third-order valence-corrected chi connectivity index (χ3v) is 14.4. The fourth-order valence-corrected chi connectivity index (χ4v) is 10.9. The van der Waals surface area contributed by atoms with Crippen LogP contribution < -0.4 is 36.0 Å². The van der Waals surface area contributed by atoms with Crippen molar-refractivity contribution in [3.63, 3.8) is 0 Å². The second kappa shape index (κ2) is 17.5. The Morgan fingerprint density at radius 2 is 1.71 bits per heavy atom. The van der Waals surface area contributed by atoms with Crippen molar-refractivity contribution in [3.8, 4) is 5.75 Å². The van der Waals surface area contributed by atoms with Crippen LogP contribution in [-0.2, 0) is 25.7 Å². The Morgan fingerprint density at radius 3 is 2.43 bits per heavy atom. The largest absolute Gasteiger partial charge is 0.478 e. The van der Waals surface area contributed by atoms with Crippen molar-refractivity contribution in [2.75, 3.05) is 55.0 Å². The number of likely N-dealkylation sites (N-methyl/N-ethyl adjacent to an activating group) is 1. The number of carbonyl (C=O) groups excluding carboxylic acids is 4. The van der Waals surface area contributed by atoms with Crippen molar-refractivity contribution in [1.29, 1.82) is 0 Å². The van der Waals surface area contributed by atoms with Crippen LogP contribution in [0.3, 0.4) is 0 Å². The molecule has 2 aromatic carbocycles. The Balaban J connectivity index is 0.709. The van der Waals surface area contributed by atoms with Crippen LogP contribution in [0.5, 0.6) is 5.75 Å². The van der Waals surface area contributed by atoms with Gasteiger partial charge in [-0.2, -0.15) is 4.98 Å². The minimum Gasteiger partial charge on any atom is -0.478 e. The molecule has 6 aliphatic rings. The Bertz CT molecular complexity index is 2600. The maximum atomic E-state index is 13.3. The lowest BCUT2D eigenvalue weighted by Crippen LogP contribution is -2.60. The fourth-order valence-electron chi connectivity index (χ4n) is 10.8. The molecule has 3 atom stereocenters. The number of carbonyl (C=O) groups is 4. The molecule has 18 heteroatoms. The summed E-state index contributed by atoms with van der Waals surface area (Å²) < 4.78 is 14.0. The number of piperidine rings is 2. The number of hydrogen-bond donors (Lipinski definition) is 3. The van der Waals surface area contributed by atoms with Crippen LogP contribution in [-0.4, -0.2) is 124 Å². The number of rotatable bonds is 12. The van der Waals surface area contributed by atoms with Gasteiger partial charge in [-0.15, -0.1) is 0 Å². The zero-order chi connectivity index (χ0) is 45.1. The molecule has 1 saturated carbocycles. The van der Waals surface area contributed by atoms with Crippen LogP contribution in [0.2, 0.25) is 5.02 Å². The second-order valence-corrected chi connectivity index (χ2v) is 19.0. The van der Waals surface area contributed by atoms with Gasteiger partial charge >= 0.3 is 0 Å². The predicted octanol–water partition coefficient (Wildman–Crippen LogP) is 4.52. The molecule has 0 radical (unpaired) electrons. The van der Waals surface area contributed by atoms with Gasteiger partial charge in [0.2, 0.25) is 17.8 Å². The highest BCUT2D eigenvalue weighted by Gasteiger charge is 2.46. The van der Waals surface area contributed by atoms with E-state index in [4.69, 9.17) is 26.1 Å². The van der Waals surface area contributed by atoms with Gasteiger partial charge in [0.05, 0.1) is 23.9 Å². The van der Waals surface area contributed by atoms with E-state index in [1.54, 1.807) is 21.7 Å². The standard InChI is InChI=1S/C47H55ClN10O7/c1-26(2)57-38-9-4-29(16-27(38)18-40(46(57)63)64-25-42(60)49-3)51-43-37(48)21-50-47(53-43)54-14-12-34(13-15-54)65-35-19-33(20-35)55-23-31-5-6-32(24-55)58(31)30-7-8-36-28(17-30)22-56(45(36)62)39-10-11-41(59)52-44(39)61/h4,7-9,16-18,21,26,31-35,39H,5-6,10-15,19-20,22-25H2,1-3H3,(H,49,60)(H,50,51,53)(H,52,59,61)/t31?,32?,33-,35-,39?. The van der Waals surface area contributed by atoms with Crippen LogP contribution in [0.1, 0.15) is 87.2 Å². The van der Waals surface area contributed by atoms with Gasteiger partial charge in [0.15, 0.2) is 18.2 Å². The van der Waals surface area contributed by atoms with Crippen LogP contribution in [0.15, 0.2) is 53.5 Å². The van der Waals surface area contributed by atoms with Crippen LogP contribution in [0.4, 0.5) is 23.1 Å². The molecule has 4 amide bonds. The van der Waals surface area contributed by atoms with E-state index in [-0.39, 0.29) is 66.2 Å². The molecule has 65 heavy (non-hydrogen) atoms. The topological polar surface area (TPSA) is 184 Å². The van der Waals surface area contributed by atoms with E-state index in [0.29, 0.717) is 53.4 Å². The molecule has 2 aromatic heterocycles. The minimum atomic E-state index is -0.610. The summed E-state index contributed by atoms with van der Waals surface area (Å²) in [5.41, 5.74) is 3.91. The number of fused-ring (bicyclic) bond motifs is 4. The van der Waals surface area contributed by atoms with Gasteiger partial charge in [0, 0.05) is 92.7 Å². The summed E-state index contributed by atoms with van der Waals surface area (Å²) in [5, 5.41) is 9.38. The first-order chi connectivity index (χ1) is 31.4. The lowest BCUT2D eigenvalue weighted by molar-refractivity contribution is -0.137. The molecule has 4 aromatic rings. The first-order valence-electron chi connectivity index (χ1n) is 22.9. The zero-order valence-electron chi connectivity index (χ0n) is 36.9. The van der Waals surface area contributed by atoms with E-state index in [0.717, 1.165) is 92.5 Å². The van der Waals surface area contributed by atoms with E-state index < -0.39 is 6.04 Å². The highest BCUT2D eigenvalue weighted by molar-refractivity contribution is 6.33. The Labute approximate surface area is 381 Å². The van der Waals surface area contributed by atoms with Crippen molar-refractivity contribution in [1.82, 2.24) is 35.0 Å². The number of hydrogen-bond acceptors (Lipinski definition) is 13. The molecule has 0 spiro atoms. The highest BCUT2D eigenvalue weighted by Crippen LogP contribution is 2.41. The summed E-state index contributed by atoms with van der Waals surface area (Å²) in [6.45, 7) is 7.54. The van der Waals surface area contributed by atoms with E-state index in [1.165, 1.54) is 7.05 Å². The first-order valence-corrected chi connectivity index (χ1v) is 23.3. The molecule has 342 valence electrons. The van der Waals surface area contributed by atoms with Crippen molar-refractivity contribution in [3.05, 3.63) is 75.2 Å². The normalized spacial score (nSPS) is 24.7. The summed E-state index contributed by atoms with van der Waals surface area (Å²) in [7, 11) is 1.52. The van der Waals surface area contributed by atoms with Gasteiger partial charge in [0.25, 0.3) is 17.4 Å². The maximum Gasteiger partial charge on any atom is 0.293 e. The van der Waals surface area contributed by atoms with E-state index in [2.05, 4.69) is 47.8 Å². The number of benzene rings is 2. The summed E-state index contributed by atoms with van der Waals surface area (Å²) in [4.78, 5) is 81.1. The number of nitrogens with one attached hydrogen (secondary N) is 3. The number of ether oxygens (including phenoxy) is 2. The van der Waals surface area contributed by atoms with Crippen LogP contribution in [0, 0.1) is 0 Å².